The van der Waals surface area contributed by atoms with Crippen LogP contribution in [0.1, 0.15) is 18.6 Å². The molecule has 0 amide bonds. The number of halogens is 1. The topological polar surface area (TPSA) is 34.4 Å². The van der Waals surface area contributed by atoms with Crippen molar-refractivity contribution in [3.8, 4) is 0 Å². The van der Waals surface area contributed by atoms with Crippen molar-refractivity contribution in [2.24, 2.45) is 0 Å². The molecule has 1 aliphatic heterocycles. The van der Waals surface area contributed by atoms with Crippen LogP contribution in [0.2, 0.25) is 0 Å². The minimum Gasteiger partial charge on any atom is -0.467 e. The predicted octanol–water partition coefficient (Wildman–Crippen LogP) is 2.31. The minimum absolute atomic E-state index is 0.577. The van der Waals surface area contributed by atoms with E-state index in [-0.39, 0.29) is 0 Å². The maximum Gasteiger partial charge on any atom is 0.118 e. The molecule has 0 unspecified atom stereocenters. The highest BCUT2D eigenvalue weighted by atomic mass is 79.9. The molecule has 0 atom stereocenters. The van der Waals surface area contributed by atoms with Crippen LogP contribution in [0.4, 0.5) is 0 Å². The van der Waals surface area contributed by atoms with E-state index in [2.05, 4.69) is 21.2 Å². The number of furan rings is 1. The molecule has 1 fully saturated rings. The average molecular weight is 260 g/mol. The van der Waals surface area contributed by atoms with Gasteiger partial charge in [-0.1, -0.05) is 0 Å². The summed E-state index contributed by atoms with van der Waals surface area (Å²) in [6, 6.07) is 2.57. The lowest BCUT2D eigenvalue weighted by Crippen LogP contribution is -2.34. The first-order chi connectivity index (χ1) is 6.84. The number of rotatable bonds is 3. The molecule has 4 heteroatoms. The van der Waals surface area contributed by atoms with Crippen LogP contribution < -0.4 is 5.32 Å². The highest BCUT2D eigenvalue weighted by Crippen LogP contribution is 2.14. The van der Waals surface area contributed by atoms with Crippen LogP contribution in [0, 0.1) is 0 Å². The third-order valence-electron chi connectivity index (χ3n) is 2.41. The van der Waals surface area contributed by atoms with Crippen molar-refractivity contribution in [3.05, 3.63) is 22.6 Å². The zero-order chi connectivity index (χ0) is 9.80. The van der Waals surface area contributed by atoms with E-state index < -0.39 is 0 Å². The molecule has 0 saturated carbocycles. The monoisotopic (exact) mass is 259 g/mol. The summed E-state index contributed by atoms with van der Waals surface area (Å²) < 4.78 is 11.6. The fourth-order valence-corrected chi connectivity index (χ4v) is 1.94. The second kappa shape index (κ2) is 4.96. The van der Waals surface area contributed by atoms with E-state index in [1.54, 1.807) is 6.26 Å². The molecule has 0 radical (unpaired) electrons. The van der Waals surface area contributed by atoms with Gasteiger partial charge >= 0.3 is 0 Å². The van der Waals surface area contributed by atoms with E-state index in [4.69, 9.17) is 9.15 Å². The van der Waals surface area contributed by atoms with Gasteiger partial charge in [-0.15, -0.1) is 0 Å². The van der Waals surface area contributed by atoms with Crippen molar-refractivity contribution in [2.75, 3.05) is 13.2 Å². The molecule has 0 bridgehead atoms. The maximum atomic E-state index is 5.31. The van der Waals surface area contributed by atoms with Gasteiger partial charge in [0.25, 0.3) is 0 Å². The first-order valence-corrected chi connectivity index (χ1v) is 5.68. The highest BCUT2D eigenvalue weighted by Gasteiger charge is 2.13. The molecule has 1 aromatic rings. The molecule has 2 heterocycles. The number of ether oxygens (including phenoxy) is 1. The zero-order valence-electron chi connectivity index (χ0n) is 7.96. The van der Waals surface area contributed by atoms with Crippen molar-refractivity contribution < 1.29 is 9.15 Å². The van der Waals surface area contributed by atoms with E-state index >= 15 is 0 Å². The van der Waals surface area contributed by atoms with E-state index in [0.29, 0.717) is 6.04 Å². The van der Waals surface area contributed by atoms with Crippen LogP contribution >= 0.6 is 15.9 Å². The largest absolute Gasteiger partial charge is 0.467 e. The summed E-state index contributed by atoms with van der Waals surface area (Å²) in [5.41, 5.74) is 0. The normalized spacial score (nSPS) is 18.6. The zero-order valence-corrected chi connectivity index (χ0v) is 9.55. The molecule has 14 heavy (non-hydrogen) atoms. The van der Waals surface area contributed by atoms with E-state index in [1.165, 1.54) is 0 Å². The number of hydrogen-bond donors (Lipinski definition) is 1. The van der Waals surface area contributed by atoms with Crippen LogP contribution in [0.15, 0.2) is 21.2 Å². The Labute approximate surface area is 91.9 Å². The Balaban J connectivity index is 1.76. The maximum absolute atomic E-state index is 5.31. The number of nitrogens with one attached hydrogen (secondary N) is 1. The van der Waals surface area contributed by atoms with E-state index in [0.717, 1.165) is 42.8 Å². The molecule has 0 spiro atoms. The van der Waals surface area contributed by atoms with Gasteiger partial charge in [0, 0.05) is 19.3 Å². The van der Waals surface area contributed by atoms with Crippen LogP contribution in [0.5, 0.6) is 0 Å². The second-order valence-electron chi connectivity index (χ2n) is 3.50. The lowest BCUT2D eigenvalue weighted by Gasteiger charge is -2.22. The predicted molar refractivity (Wildman–Crippen MR) is 57.1 cm³/mol. The van der Waals surface area contributed by atoms with Gasteiger partial charge in [-0.2, -0.15) is 0 Å². The lowest BCUT2D eigenvalue weighted by molar-refractivity contribution is 0.0771. The Morgan fingerprint density at radius 2 is 2.21 bits per heavy atom. The fourth-order valence-electron chi connectivity index (χ4n) is 1.59. The molecular weight excluding hydrogens is 246 g/mol. The van der Waals surface area contributed by atoms with Gasteiger partial charge in [-0.05, 0) is 34.8 Å². The third-order valence-corrected chi connectivity index (χ3v) is 2.82. The fraction of sp³-hybridized carbons (Fsp3) is 0.600. The van der Waals surface area contributed by atoms with Gasteiger partial charge in [-0.3, -0.25) is 0 Å². The van der Waals surface area contributed by atoms with Crippen molar-refractivity contribution in [1.82, 2.24) is 5.32 Å². The van der Waals surface area contributed by atoms with Gasteiger partial charge in [0.15, 0.2) is 0 Å². The molecule has 1 N–H and O–H groups in total. The Morgan fingerprint density at radius 3 is 2.86 bits per heavy atom. The van der Waals surface area contributed by atoms with Gasteiger partial charge in [-0.25, -0.2) is 0 Å². The molecule has 3 nitrogen and oxygen atoms in total. The van der Waals surface area contributed by atoms with Gasteiger partial charge in [0.05, 0.1) is 11.0 Å². The average Bonchev–Trinajstić information content (AvgIpc) is 2.63. The van der Waals surface area contributed by atoms with Crippen LogP contribution in [0.25, 0.3) is 0 Å². The van der Waals surface area contributed by atoms with Gasteiger partial charge < -0.3 is 14.5 Å². The Hall–Kier alpha value is -0.320. The molecule has 1 aliphatic rings. The second-order valence-corrected chi connectivity index (χ2v) is 4.41. The molecular formula is C10H14BrNO2. The third kappa shape index (κ3) is 2.83. The van der Waals surface area contributed by atoms with Crippen molar-refractivity contribution in [2.45, 2.75) is 25.4 Å². The molecule has 1 aromatic heterocycles. The quantitative estimate of drug-likeness (QED) is 0.905. The summed E-state index contributed by atoms with van der Waals surface area (Å²) >= 11 is 3.36. The summed E-state index contributed by atoms with van der Waals surface area (Å²) in [7, 11) is 0. The van der Waals surface area contributed by atoms with E-state index in [1.807, 2.05) is 6.07 Å². The van der Waals surface area contributed by atoms with Crippen molar-refractivity contribution in [3.63, 3.8) is 0 Å². The van der Waals surface area contributed by atoms with Crippen LogP contribution in [-0.4, -0.2) is 19.3 Å². The van der Waals surface area contributed by atoms with Crippen molar-refractivity contribution in [1.29, 1.82) is 0 Å². The standard InChI is InChI=1S/C10H14BrNO2/c11-8-5-10(14-7-8)6-12-9-1-3-13-4-2-9/h5,7,9,12H,1-4,6H2. The summed E-state index contributed by atoms with van der Waals surface area (Å²) in [5.74, 6) is 0.975. The molecule has 1 saturated heterocycles. The molecule has 78 valence electrons. The molecule has 0 aliphatic carbocycles. The smallest absolute Gasteiger partial charge is 0.118 e. The first-order valence-electron chi connectivity index (χ1n) is 4.88. The first kappa shape index (κ1) is 10.2. The Kier molecular flexibility index (Phi) is 3.61. The Bertz CT molecular complexity index is 281. The number of hydrogen-bond acceptors (Lipinski definition) is 3. The summed E-state index contributed by atoms with van der Waals surface area (Å²) in [6.07, 6.45) is 3.91. The Morgan fingerprint density at radius 1 is 1.43 bits per heavy atom. The summed E-state index contributed by atoms with van der Waals surface area (Å²) in [4.78, 5) is 0. The lowest BCUT2D eigenvalue weighted by atomic mass is 10.1. The highest BCUT2D eigenvalue weighted by molar-refractivity contribution is 9.10. The van der Waals surface area contributed by atoms with Crippen molar-refractivity contribution >= 4 is 15.9 Å². The SMILES string of the molecule is Brc1coc(CNC2CCOCC2)c1. The summed E-state index contributed by atoms with van der Waals surface area (Å²) in [6.45, 7) is 2.55. The van der Waals surface area contributed by atoms with Gasteiger partial charge in [0.2, 0.25) is 0 Å². The van der Waals surface area contributed by atoms with Crippen LogP contribution in [-0.2, 0) is 11.3 Å². The van der Waals surface area contributed by atoms with E-state index in [9.17, 15) is 0 Å². The minimum atomic E-state index is 0.577. The molecule has 0 aromatic carbocycles. The molecule has 2 rings (SSSR count). The summed E-state index contributed by atoms with van der Waals surface area (Å²) in [5, 5.41) is 3.46. The van der Waals surface area contributed by atoms with Crippen LogP contribution in [0.3, 0.4) is 0 Å². The van der Waals surface area contributed by atoms with Gasteiger partial charge in [0.1, 0.15) is 12.0 Å².